The molecule has 1 aliphatic rings. The van der Waals surface area contributed by atoms with Gasteiger partial charge in [0, 0.05) is 11.4 Å². The van der Waals surface area contributed by atoms with Crippen LogP contribution in [0.5, 0.6) is 0 Å². The summed E-state index contributed by atoms with van der Waals surface area (Å²) in [5.41, 5.74) is 2.13. The third kappa shape index (κ3) is 1.29. The van der Waals surface area contributed by atoms with E-state index >= 15 is 0 Å². The Morgan fingerprint density at radius 3 is 3.17 bits per heavy atom. The Hall–Kier alpha value is -0.700. The summed E-state index contributed by atoms with van der Waals surface area (Å²) in [6, 6.07) is 4.04. The van der Waals surface area contributed by atoms with E-state index in [1.807, 2.05) is 13.0 Å². The molecular formula is C9H11NOS. The van der Waals surface area contributed by atoms with Crippen LogP contribution in [-0.2, 0) is 17.2 Å². The molecule has 2 heterocycles. The Balaban J connectivity index is 2.54. The third-order valence-electron chi connectivity index (χ3n) is 2.07. The van der Waals surface area contributed by atoms with E-state index in [0.717, 1.165) is 29.3 Å². The maximum absolute atomic E-state index is 11.5. The van der Waals surface area contributed by atoms with Gasteiger partial charge in [-0.05, 0) is 31.4 Å². The molecule has 12 heavy (non-hydrogen) atoms. The summed E-state index contributed by atoms with van der Waals surface area (Å²) in [6.07, 6.45) is 2.07. The van der Waals surface area contributed by atoms with E-state index in [0.29, 0.717) is 0 Å². The van der Waals surface area contributed by atoms with Crippen LogP contribution < -0.4 is 0 Å². The lowest BCUT2D eigenvalue weighted by Gasteiger charge is -2.13. The highest BCUT2D eigenvalue weighted by Gasteiger charge is 2.16. The Labute approximate surface area is 74.5 Å². The van der Waals surface area contributed by atoms with Gasteiger partial charge in [0.1, 0.15) is 5.03 Å². The molecule has 0 aromatic carbocycles. The molecule has 0 radical (unpaired) electrons. The lowest BCUT2D eigenvalue weighted by Crippen LogP contribution is -2.12. The second-order valence-electron chi connectivity index (χ2n) is 3.07. The van der Waals surface area contributed by atoms with Gasteiger partial charge in [0.25, 0.3) is 0 Å². The molecule has 1 aliphatic heterocycles. The monoisotopic (exact) mass is 181 g/mol. The van der Waals surface area contributed by atoms with Crippen LogP contribution in [0.4, 0.5) is 0 Å². The normalized spacial score (nSPS) is 21.9. The molecular weight excluding hydrogens is 170 g/mol. The minimum atomic E-state index is -0.837. The molecule has 0 bridgehead atoms. The number of aryl methyl sites for hydroxylation is 2. The second-order valence-corrected chi connectivity index (χ2v) is 4.56. The second kappa shape index (κ2) is 2.98. The van der Waals surface area contributed by atoms with Crippen molar-refractivity contribution in [3.8, 4) is 0 Å². The van der Waals surface area contributed by atoms with Crippen LogP contribution in [0.1, 0.15) is 17.7 Å². The van der Waals surface area contributed by atoms with Gasteiger partial charge in [0.15, 0.2) is 0 Å². The van der Waals surface area contributed by atoms with Gasteiger partial charge in [-0.2, -0.15) is 0 Å². The molecule has 3 heteroatoms. The number of fused-ring (bicyclic) bond motifs is 1. The van der Waals surface area contributed by atoms with Crippen LogP contribution in [0.15, 0.2) is 17.2 Å². The van der Waals surface area contributed by atoms with Gasteiger partial charge in [0.05, 0.1) is 10.8 Å². The van der Waals surface area contributed by atoms with E-state index in [1.54, 1.807) is 0 Å². The van der Waals surface area contributed by atoms with Crippen LogP contribution in [0.2, 0.25) is 0 Å². The number of aromatic nitrogens is 1. The highest BCUT2D eigenvalue weighted by atomic mass is 32.2. The van der Waals surface area contributed by atoms with E-state index in [-0.39, 0.29) is 0 Å². The fourth-order valence-corrected chi connectivity index (χ4v) is 2.75. The molecule has 0 spiro atoms. The Morgan fingerprint density at radius 2 is 2.33 bits per heavy atom. The zero-order valence-corrected chi connectivity index (χ0v) is 7.86. The molecule has 2 nitrogen and oxygen atoms in total. The Bertz CT molecular complexity index is 335. The van der Waals surface area contributed by atoms with Gasteiger partial charge < -0.3 is 0 Å². The Kier molecular flexibility index (Phi) is 1.97. The molecule has 0 aliphatic carbocycles. The summed E-state index contributed by atoms with van der Waals surface area (Å²) in [5.74, 6) is 0.781. The zero-order valence-electron chi connectivity index (χ0n) is 7.04. The van der Waals surface area contributed by atoms with E-state index in [1.165, 1.54) is 5.56 Å². The van der Waals surface area contributed by atoms with Crippen molar-refractivity contribution in [1.82, 2.24) is 4.98 Å². The van der Waals surface area contributed by atoms with Crippen molar-refractivity contribution in [3.05, 3.63) is 23.4 Å². The lowest BCUT2D eigenvalue weighted by atomic mass is 10.1. The number of nitrogens with zero attached hydrogens (tertiary/aromatic N) is 1. The topological polar surface area (TPSA) is 30.0 Å². The smallest absolute Gasteiger partial charge is 0.130 e. The molecule has 0 saturated heterocycles. The first-order valence-electron chi connectivity index (χ1n) is 4.12. The summed E-state index contributed by atoms with van der Waals surface area (Å²) in [7, 11) is -0.837. The summed E-state index contributed by atoms with van der Waals surface area (Å²) in [4.78, 5) is 4.29. The quantitative estimate of drug-likeness (QED) is 0.606. The van der Waals surface area contributed by atoms with Crippen LogP contribution in [0.25, 0.3) is 0 Å². The van der Waals surface area contributed by atoms with Crippen LogP contribution in [-0.4, -0.2) is 14.9 Å². The number of rotatable bonds is 0. The van der Waals surface area contributed by atoms with Gasteiger partial charge >= 0.3 is 0 Å². The van der Waals surface area contributed by atoms with Crippen molar-refractivity contribution >= 4 is 10.8 Å². The molecule has 0 amide bonds. The van der Waals surface area contributed by atoms with Crippen molar-refractivity contribution < 1.29 is 4.21 Å². The number of pyridine rings is 1. The highest BCUT2D eigenvalue weighted by molar-refractivity contribution is 7.85. The van der Waals surface area contributed by atoms with Crippen molar-refractivity contribution in [3.63, 3.8) is 0 Å². The predicted octanol–water partition coefficient (Wildman–Crippen LogP) is 1.44. The van der Waals surface area contributed by atoms with Crippen LogP contribution in [0, 0.1) is 6.92 Å². The maximum Gasteiger partial charge on any atom is 0.130 e. The van der Waals surface area contributed by atoms with Crippen LogP contribution >= 0.6 is 0 Å². The summed E-state index contributed by atoms with van der Waals surface area (Å²) >= 11 is 0. The largest absolute Gasteiger partial charge is 0.253 e. The van der Waals surface area contributed by atoms with Crippen molar-refractivity contribution in [1.29, 1.82) is 0 Å². The molecule has 1 aromatic heterocycles. The van der Waals surface area contributed by atoms with Gasteiger partial charge in [-0.25, -0.2) is 4.98 Å². The van der Waals surface area contributed by atoms with Crippen molar-refractivity contribution in [2.75, 3.05) is 5.75 Å². The van der Waals surface area contributed by atoms with E-state index in [2.05, 4.69) is 11.1 Å². The van der Waals surface area contributed by atoms with E-state index in [4.69, 9.17) is 0 Å². The zero-order chi connectivity index (χ0) is 8.55. The SMILES string of the molecule is Cc1ccc2c(n1)S(=O)CCC2. The average molecular weight is 181 g/mol. The predicted molar refractivity (Wildman–Crippen MR) is 48.6 cm³/mol. The van der Waals surface area contributed by atoms with Crippen LogP contribution in [0.3, 0.4) is 0 Å². The number of hydrogen-bond donors (Lipinski definition) is 0. The summed E-state index contributed by atoms with van der Waals surface area (Å²) in [6.45, 7) is 1.94. The molecule has 2 rings (SSSR count). The molecule has 0 saturated carbocycles. The standard InChI is InChI=1S/C9H11NOS/c1-7-4-5-8-3-2-6-12(11)9(8)10-7/h4-5H,2-3,6H2,1H3. The highest BCUT2D eigenvalue weighted by Crippen LogP contribution is 2.19. The third-order valence-corrected chi connectivity index (χ3v) is 3.51. The molecule has 0 fully saturated rings. The average Bonchev–Trinajstić information content (AvgIpc) is 2.07. The molecule has 1 atom stereocenters. The van der Waals surface area contributed by atoms with Crippen molar-refractivity contribution in [2.24, 2.45) is 0 Å². The molecule has 64 valence electrons. The first kappa shape index (κ1) is 7.92. The summed E-state index contributed by atoms with van der Waals surface area (Å²) < 4.78 is 11.5. The first-order valence-corrected chi connectivity index (χ1v) is 5.44. The lowest BCUT2D eigenvalue weighted by molar-refractivity contribution is 0.668. The molecule has 1 unspecified atom stereocenters. The first-order chi connectivity index (χ1) is 5.77. The van der Waals surface area contributed by atoms with Gasteiger partial charge in [-0.1, -0.05) is 6.07 Å². The minimum absolute atomic E-state index is 0.781. The fourth-order valence-electron chi connectivity index (χ4n) is 1.44. The summed E-state index contributed by atoms with van der Waals surface area (Å²) in [5, 5.41) is 0.821. The number of hydrogen-bond acceptors (Lipinski definition) is 2. The fraction of sp³-hybridized carbons (Fsp3) is 0.444. The minimum Gasteiger partial charge on any atom is -0.253 e. The van der Waals surface area contributed by atoms with Gasteiger partial charge in [0.2, 0.25) is 0 Å². The maximum atomic E-state index is 11.5. The Morgan fingerprint density at radius 1 is 1.50 bits per heavy atom. The van der Waals surface area contributed by atoms with E-state index in [9.17, 15) is 4.21 Å². The van der Waals surface area contributed by atoms with Gasteiger partial charge in [-0.3, -0.25) is 4.21 Å². The van der Waals surface area contributed by atoms with Gasteiger partial charge in [-0.15, -0.1) is 0 Å². The van der Waals surface area contributed by atoms with E-state index < -0.39 is 10.8 Å². The molecule has 0 N–H and O–H groups in total. The molecule has 1 aromatic rings. The van der Waals surface area contributed by atoms with Crippen molar-refractivity contribution in [2.45, 2.75) is 24.8 Å².